The summed E-state index contributed by atoms with van der Waals surface area (Å²) in [5.41, 5.74) is 0. The summed E-state index contributed by atoms with van der Waals surface area (Å²) in [6, 6.07) is 0.251. The summed E-state index contributed by atoms with van der Waals surface area (Å²) in [7, 11) is -3.27. The summed E-state index contributed by atoms with van der Waals surface area (Å²) in [4.78, 5) is 0. The lowest BCUT2D eigenvalue weighted by molar-refractivity contribution is 0.284. The van der Waals surface area contributed by atoms with Crippen molar-refractivity contribution in [2.45, 2.75) is 45.1 Å². The van der Waals surface area contributed by atoms with Crippen LogP contribution < -0.4 is 10.0 Å². The van der Waals surface area contributed by atoms with Crippen molar-refractivity contribution in [1.82, 2.24) is 14.3 Å². The van der Waals surface area contributed by atoms with Crippen LogP contribution in [0.15, 0.2) is 0 Å². The van der Waals surface area contributed by atoms with E-state index >= 15 is 0 Å². The van der Waals surface area contributed by atoms with Crippen LogP contribution in [0, 0.1) is 5.92 Å². The zero-order chi connectivity index (χ0) is 13.0. The highest BCUT2D eigenvalue weighted by atomic mass is 32.2. The van der Waals surface area contributed by atoms with Crippen molar-refractivity contribution >= 4 is 10.2 Å². The predicted octanol–water partition coefficient (Wildman–Crippen LogP) is 0.695. The number of hydrogen-bond acceptors (Lipinski definition) is 3. The highest BCUT2D eigenvalue weighted by Gasteiger charge is 2.38. The van der Waals surface area contributed by atoms with Crippen molar-refractivity contribution in [3.8, 4) is 0 Å². The van der Waals surface area contributed by atoms with E-state index in [0.29, 0.717) is 19.0 Å². The first-order valence-corrected chi connectivity index (χ1v) is 8.54. The minimum Gasteiger partial charge on any atom is -0.316 e. The van der Waals surface area contributed by atoms with E-state index in [4.69, 9.17) is 0 Å². The molecule has 1 atom stereocenters. The fourth-order valence-electron chi connectivity index (χ4n) is 2.45. The SMILES string of the molecule is CCCNS(=O)(=O)N(CC1CCCNC1)C1CC1. The van der Waals surface area contributed by atoms with Crippen LogP contribution in [-0.4, -0.2) is 44.9 Å². The lowest BCUT2D eigenvalue weighted by Crippen LogP contribution is -2.47. The van der Waals surface area contributed by atoms with Crippen LogP contribution in [0.5, 0.6) is 0 Å². The molecule has 0 bridgehead atoms. The molecule has 0 aromatic rings. The van der Waals surface area contributed by atoms with Gasteiger partial charge in [-0.05, 0) is 51.1 Å². The minimum atomic E-state index is -3.27. The largest absolute Gasteiger partial charge is 0.316 e. The van der Waals surface area contributed by atoms with E-state index in [0.717, 1.165) is 45.2 Å². The van der Waals surface area contributed by atoms with Crippen LogP contribution in [0.4, 0.5) is 0 Å². The number of nitrogens with one attached hydrogen (secondary N) is 2. The average molecular weight is 275 g/mol. The molecule has 106 valence electrons. The van der Waals surface area contributed by atoms with Crippen LogP contribution in [0.25, 0.3) is 0 Å². The minimum absolute atomic E-state index is 0.251. The monoisotopic (exact) mass is 275 g/mol. The Labute approximate surface area is 110 Å². The summed E-state index contributed by atoms with van der Waals surface area (Å²) in [5, 5.41) is 3.35. The highest BCUT2D eigenvalue weighted by Crippen LogP contribution is 2.30. The molecule has 1 aliphatic carbocycles. The molecule has 0 radical (unpaired) electrons. The van der Waals surface area contributed by atoms with Gasteiger partial charge in [-0.25, -0.2) is 4.72 Å². The molecule has 2 rings (SSSR count). The number of hydrogen-bond donors (Lipinski definition) is 2. The third-order valence-electron chi connectivity index (χ3n) is 3.63. The van der Waals surface area contributed by atoms with Crippen molar-refractivity contribution in [2.24, 2.45) is 5.92 Å². The molecule has 0 amide bonds. The van der Waals surface area contributed by atoms with Crippen LogP contribution in [0.2, 0.25) is 0 Å². The molecule has 2 fully saturated rings. The maximum Gasteiger partial charge on any atom is 0.279 e. The van der Waals surface area contributed by atoms with E-state index in [9.17, 15) is 8.42 Å². The maximum atomic E-state index is 12.2. The van der Waals surface area contributed by atoms with Crippen LogP contribution in [-0.2, 0) is 10.2 Å². The molecule has 6 heteroatoms. The quantitative estimate of drug-likeness (QED) is 0.719. The molecule has 5 nitrogen and oxygen atoms in total. The number of rotatable bonds is 7. The van der Waals surface area contributed by atoms with Gasteiger partial charge in [-0.15, -0.1) is 0 Å². The van der Waals surface area contributed by atoms with Crippen molar-refractivity contribution in [2.75, 3.05) is 26.2 Å². The molecule has 1 aliphatic heterocycles. The van der Waals surface area contributed by atoms with Gasteiger partial charge >= 0.3 is 0 Å². The van der Waals surface area contributed by atoms with Crippen LogP contribution >= 0.6 is 0 Å². The third-order valence-corrected chi connectivity index (χ3v) is 5.27. The Morgan fingerprint density at radius 3 is 2.67 bits per heavy atom. The Bertz CT molecular complexity index is 348. The molecule has 0 aromatic carbocycles. The van der Waals surface area contributed by atoms with E-state index in [1.54, 1.807) is 4.31 Å². The van der Waals surface area contributed by atoms with Crippen molar-refractivity contribution in [3.05, 3.63) is 0 Å². The molecule has 1 saturated heterocycles. The second kappa shape index (κ2) is 6.32. The second-order valence-electron chi connectivity index (χ2n) is 5.41. The lowest BCUT2D eigenvalue weighted by Gasteiger charge is -2.29. The Balaban J connectivity index is 1.94. The van der Waals surface area contributed by atoms with E-state index in [-0.39, 0.29) is 6.04 Å². The average Bonchev–Trinajstić information content (AvgIpc) is 3.19. The van der Waals surface area contributed by atoms with Gasteiger partial charge in [-0.3, -0.25) is 0 Å². The highest BCUT2D eigenvalue weighted by molar-refractivity contribution is 7.87. The smallest absolute Gasteiger partial charge is 0.279 e. The molecule has 1 saturated carbocycles. The molecular formula is C12H25N3O2S. The molecule has 2 aliphatic rings. The first kappa shape index (κ1) is 14.2. The van der Waals surface area contributed by atoms with Crippen molar-refractivity contribution in [3.63, 3.8) is 0 Å². The number of nitrogens with zero attached hydrogens (tertiary/aromatic N) is 1. The van der Waals surface area contributed by atoms with Gasteiger partial charge in [0.2, 0.25) is 0 Å². The third kappa shape index (κ3) is 3.91. The van der Waals surface area contributed by atoms with Gasteiger partial charge in [0.1, 0.15) is 0 Å². The van der Waals surface area contributed by atoms with E-state index in [1.165, 1.54) is 0 Å². The van der Waals surface area contributed by atoms with E-state index < -0.39 is 10.2 Å². The van der Waals surface area contributed by atoms with Crippen LogP contribution in [0.1, 0.15) is 39.0 Å². The predicted molar refractivity (Wildman–Crippen MR) is 72.5 cm³/mol. The fourth-order valence-corrected chi connectivity index (χ4v) is 4.09. The lowest BCUT2D eigenvalue weighted by atomic mass is 10.00. The molecule has 1 heterocycles. The van der Waals surface area contributed by atoms with Crippen LogP contribution in [0.3, 0.4) is 0 Å². The summed E-state index contributed by atoms with van der Waals surface area (Å²) < 4.78 is 28.9. The maximum absolute atomic E-state index is 12.2. The van der Waals surface area contributed by atoms with Gasteiger partial charge in [-0.2, -0.15) is 12.7 Å². The van der Waals surface area contributed by atoms with Crippen molar-refractivity contribution < 1.29 is 8.42 Å². The molecular weight excluding hydrogens is 250 g/mol. The van der Waals surface area contributed by atoms with Gasteiger partial charge < -0.3 is 5.32 Å². The van der Waals surface area contributed by atoms with Gasteiger partial charge in [0, 0.05) is 19.1 Å². The Hall–Kier alpha value is -0.170. The second-order valence-corrected chi connectivity index (χ2v) is 7.12. The van der Waals surface area contributed by atoms with Gasteiger partial charge in [0.25, 0.3) is 10.2 Å². The Kier molecular flexibility index (Phi) is 5.00. The fraction of sp³-hybridized carbons (Fsp3) is 1.00. The summed E-state index contributed by atoms with van der Waals surface area (Å²) in [5.74, 6) is 0.470. The summed E-state index contributed by atoms with van der Waals surface area (Å²) >= 11 is 0. The van der Waals surface area contributed by atoms with E-state index in [1.807, 2.05) is 6.92 Å². The first-order valence-electron chi connectivity index (χ1n) is 7.10. The standard InChI is InChI=1S/C12H25N3O2S/c1-2-7-14-18(16,17)15(12-5-6-12)10-11-4-3-8-13-9-11/h11-14H,2-10H2,1H3. The summed E-state index contributed by atoms with van der Waals surface area (Å²) in [6.07, 6.45) is 5.17. The van der Waals surface area contributed by atoms with Crippen molar-refractivity contribution in [1.29, 1.82) is 0 Å². The van der Waals surface area contributed by atoms with Gasteiger partial charge in [0.15, 0.2) is 0 Å². The molecule has 2 N–H and O–H groups in total. The zero-order valence-electron chi connectivity index (χ0n) is 11.2. The molecule has 1 unspecified atom stereocenters. The molecule has 0 spiro atoms. The molecule has 18 heavy (non-hydrogen) atoms. The Morgan fingerprint density at radius 2 is 2.11 bits per heavy atom. The Morgan fingerprint density at radius 1 is 1.33 bits per heavy atom. The normalized spacial score (nSPS) is 25.6. The number of piperidine rings is 1. The summed E-state index contributed by atoms with van der Waals surface area (Å²) in [6.45, 7) is 5.22. The van der Waals surface area contributed by atoms with Gasteiger partial charge in [0.05, 0.1) is 0 Å². The zero-order valence-corrected chi connectivity index (χ0v) is 12.0. The van der Waals surface area contributed by atoms with E-state index in [2.05, 4.69) is 10.0 Å². The molecule has 0 aromatic heterocycles. The van der Waals surface area contributed by atoms with Gasteiger partial charge in [-0.1, -0.05) is 6.92 Å². The first-order chi connectivity index (χ1) is 8.63. The topological polar surface area (TPSA) is 61.4 Å².